The molecule has 4 aliphatic carbocycles. The van der Waals surface area contributed by atoms with Crippen LogP contribution in [-0.4, -0.2) is 28.2 Å². The van der Waals surface area contributed by atoms with Crippen molar-refractivity contribution in [1.82, 2.24) is 0 Å². The number of carbonyl (C=O) groups excluding carboxylic acids is 1. The molecule has 4 saturated carbocycles. The number of rotatable bonds is 6. The Morgan fingerprint density at radius 3 is 2.73 bits per heavy atom. The molecular formula is C27H40O3. The highest BCUT2D eigenvalue weighted by molar-refractivity contribution is 5.83. The topological polar surface area (TPSA) is 57.5 Å². The van der Waals surface area contributed by atoms with Crippen LogP contribution >= 0.6 is 0 Å². The van der Waals surface area contributed by atoms with Crippen molar-refractivity contribution in [3.63, 3.8) is 0 Å². The van der Waals surface area contributed by atoms with Crippen molar-refractivity contribution in [2.75, 3.05) is 0 Å². The Morgan fingerprint density at radius 2 is 2.00 bits per heavy atom. The summed E-state index contributed by atoms with van der Waals surface area (Å²) in [6.45, 7) is 8.94. The second-order valence-electron chi connectivity index (χ2n) is 10.9. The highest BCUT2D eigenvalue weighted by atomic mass is 16.3. The summed E-state index contributed by atoms with van der Waals surface area (Å²) >= 11 is 0. The fourth-order valence-electron chi connectivity index (χ4n) is 6.86. The Labute approximate surface area is 182 Å². The van der Waals surface area contributed by atoms with Gasteiger partial charge in [0.05, 0.1) is 12.2 Å². The van der Waals surface area contributed by atoms with Crippen LogP contribution in [0.1, 0.15) is 84.5 Å². The van der Waals surface area contributed by atoms with Crippen LogP contribution in [0.2, 0.25) is 0 Å². The van der Waals surface area contributed by atoms with Crippen LogP contribution in [0.15, 0.2) is 35.5 Å². The monoisotopic (exact) mass is 412 g/mol. The molecular weight excluding hydrogens is 372 g/mol. The van der Waals surface area contributed by atoms with Crippen molar-refractivity contribution in [3.05, 3.63) is 35.5 Å². The van der Waals surface area contributed by atoms with E-state index >= 15 is 0 Å². The van der Waals surface area contributed by atoms with E-state index in [0.29, 0.717) is 47.7 Å². The SMILES string of the molecule is C=C1/C(=C\C=C2/CCCC3(C)[C@@H]([C@H](C)CCC(=O)C4CC4)CC[C@@H]23)C[C@@H](O)CC1O. The van der Waals surface area contributed by atoms with E-state index in [0.717, 1.165) is 43.3 Å². The number of ketones is 1. The van der Waals surface area contributed by atoms with Crippen molar-refractivity contribution in [2.24, 2.45) is 29.1 Å². The first-order chi connectivity index (χ1) is 14.3. The van der Waals surface area contributed by atoms with Crippen LogP contribution in [0.4, 0.5) is 0 Å². The van der Waals surface area contributed by atoms with Crippen LogP contribution < -0.4 is 0 Å². The summed E-state index contributed by atoms with van der Waals surface area (Å²) in [5, 5.41) is 20.2. The van der Waals surface area contributed by atoms with Gasteiger partial charge < -0.3 is 10.2 Å². The zero-order chi connectivity index (χ0) is 21.5. The van der Waals surface area contributed by atoms with Gasteiger partial charge in [0, 0.05) is 18.8 Å². The molecule has 30 heavy (non-hydrogen) atoms. The fraction of sp³-hybridized carbons (Fsp3) is 0.741. The lowest BCUT2D eigenvalue weighted by Crippen LogP contribution is -2.36. The molecule has 0 radical (unpaired) electrons. The minimum atomic E-state index is -0.620. The van der Waals surface area contributed by atoms with E-state index in [9.17, 15) is 15.0 Å². The maximum absolute atomic E-state index is 12.2. The Bertz CT molecular complexity index is 743. The molecule has 0 aromatic rings. The van der Waals surface area contributed by atoms with Gasteiger partial charge in [0.1, 0.15) is 5.78 Å². The fourth-order valence-corrected chi connectivity index (χ4v) is 6.86. The molecule has 4 fully saturated rings. The quantitative estimate of drug-likeness (QED) is 0.604. The second-order valence-corrected chi connectivity index (χ2v) is 10.9. The standard InChI is InChI=1S/C27H40O3/c1-17(6-13-25(29)20-8-9-20)23-11-12-24-19(5-4-14-27(23,24)3)7-10-21-15-22(28)16-26(30)18(21)2/h7,10,17,20,22-24,26,28,30H,2,4-6,8-9,11-16H2,1,3H3/b19-7+,21-10-/t17-,22-,23-,24+,26?,27?/m1/s1. The number of carbonyl (C=O) groups is 1. The van der Waals surface area contributed by atoms with E-state index in [1.165, 1.54) is 25.7 Å². The average Bonchev–Trinajstić information content (AvgIpc) is 3.49. The third-order valence-electron chi connectivity index (χ3n) is 8.87. The molecule has 0 amide bonds. The average molecular weight is 413 g/mol. The van der Waals surface area contributed by atoms with Crippen molar-refractivity contribution in [2.45, 2.75) is 96.7 Å². The van der Waals surface area contributed by atoms with Gasteiger partial charge in [0.2, 0.25) is 0 Å². The molecule has 2 unspecified atom stereocenters. The van der Waals surface area contributed by atoms with Crippen molar-refractivity contribution < 1.29 is 15.0 Å². The lowest BCUT2D eigenvalue weighted by atomic mass is 9.60. The summed E-state index contributed by atoms with van der Waals surface area (Å²) in [6.07, 6.45) is 14.6. The van der Waals surface area contributed by atoms with E-state index in [2.05, 4.69) is 32.6 Å². The minimum absolute atomic E-state index is 0.341. The highest BCUT2D eigenvalue weighted by Gasteiger charge is 2.50. The molecule has 0 aromatic heterocycles. The summed E-state index contributed by atoms with van der Waals surface area (Å²) in [7, 11) is 0. The molecule has 166 valence electrons. The van der Waals surface area contributed by atoms with Crippen LogP contribution in [0.3, 0.4) is 0 Å². The van der Waals surface area contributed by atoms with E-state index in [1.54, 1.807) is 5.57 Å². The zero-order valence-corrected chi connectivity index (χ0v) is 18.9. The third-order valence-corrected chi connectivity index (χ3v) is 8.87. The summed E-state index contributed by atoms with van der Waals surface area (Å²) in [6, 6.07) is 0. The van der Waals surface area contributed by atoms with Crippen molar-refractivity contribution >= 4 is 5.78 Å². The van der Waals surface area contributed by atoms with Gasteiger partial charge in [-0.1, -0.05) is 38.2 Å². The minimum Gasteiger partial charge on any atom is -0.393 e. The Balaban J connectivity index is 1.45. The van der Waals surface area contributed by atoms with Gasteiger partial charge in [-0.25, -0.2) is 0 Å². The Kier molecular flexibility index (Phi) is 6.42. The van der Waals surface area contributed by atoms with E-state index < -0.39 is 12.2 Å². The number of hydrogen-bond donors (Lipinski definition) is 2. The first-order valence-electron chi connectivity index (χ1n) is 12.3. The van der Waals surface area contributed by atoms with Crippen LogP contribution in [-0.2, 0) is 4.79 Å². The van der Waals surface area contributed by atoms with E-state index in [-0.39, 0.29) is 0 Å². The van der Waals surface area contributed by atoms with Crippen molar-refractivity contribution in [1.29, 1.82) is 0 Å². The van der Waals surface area contributed by atoms with Crippen LogP contribution in [0.25, 0.3) is 0 Å². The van der Waals surface area contributed by atoms with E-state index in [4.69, 9.17) is 0 Å². The molecule has 4 aliphatic rings. The molecule has 0 aromatic carbocycles. The van der Waals surface area contributed by atoms with Gasteiger partial charge in [-0.2, -0.15) is 0 Å². The van der Waals surface area contributed by atoms with E-state index in [1.807, 2.05) is 0 Å². The molecule has 0 saturated heterocycles. The summed E-state index contributed by atoms with van der Waals surface area (Å²) in [4.78, 5) is 12.2. The normalized spacial score (nSPS) is 40.6. The number of fused-ring (bicyclic) bond motifs is 1. The lowest BCUT2D eigenvalue weighted by Gasteiger charge is -2.44. The summed E-state index contributed by atoms with van der Waals surface area (Å²) < 4.78 is 0. The highest BCUT2D eigenvalue weighted by Crippen LogP contribution is 2.60. The van der Waals surface area contributed by atoms with Gasteiger partial charge in [0.15, 0.2) is 0 Å². The molecule has 0 bridgehead atoms. The Hall–Kier alpha value is -1.19. The first-order valence-corrected chi connectivity index (χ1v) is 12.3. The molecule has 3 nitrogen and oxygen atoms in total. The maximum Gasteiger partial charge on any atom is 0.135 e. The maximum atomic E-state index is 12.2. The second kappa shape index (κ2) is 8.74. The number of allylic oxidation sites excluding steroid dienone is 3. The predicted octanol–water partition coefficient (Wildman–Crippen LogP) is 5.52. The Morgan fingerprint density at radius 1 is 1.23 bits per heavy atom. The van der Waals surface area contributed by atoms with Crippen LogP contribution in [0.5, 0.6) is 0 Å². The molecule has 0 heterocycles. The largest absolute Gasteiger partial charge is 0.393 e. The smallest absolute Gasteiger partial charge is 0.135 e. The van der Waals surface area contributed by atoms with Gasteiger partial charge in [0.25, 0.3) is 0 Å². The molecule has 4 rings (SSSR count). The number of aliphatic hydroxyl groups is 2. The van der Waals surface area contributed by atoms with Crippen molar-refractivity contribution in [3.8, 4) is 0 Å². The molecule has 3 heteroatoms. The number of Topliss-reactive ketones (excluding diaryl/α,β-unsaturated/α-hetero) is 1. The number of hydrogen-bond acceptors (Lipinski definition) is 3. The number of aliphatic hydroxyl groups excluding tert-OH is 2. The molecule has 0 aliphatic heterocycles. The van der Waals surface area contributed by atoms with Gasteiger partial charge in [-0.15, -0.1) is 0 Å². The summed E-state index contributed by atoms with van der Waals surface area (Å²) in [5.74, 6) is 2.85. The third kappa shape index (κ3) is 4.39. The van der Waals surface area contributed by atoms with Crippen LogP contribution in [0, 0.1) is 29.1 Å². The van der Waals surface area contributed by atoms with Gasteiger partial charge in [-0.05, 0) is 92.1 Å². The van der Waals surface area contributed by atoms with Gasteiger partial charge >= 0.3 is 0 Å². The zero-order valence-electron chi connectivity index (χ0n) is 18.9. The summed E-state index contributed by atoms with van der Waals surface area (Å²) in [5.41, 5.74) is 3.66. The predicted molar refractivity (Wildman–Crippen MR) is 121 cm³/mol. The van der Waals surface area contributed by atoms with Gasteiger partial charge in [-0.3, -0.25) is 4.79 Å². The molecule has 0 spiro atoms. The lowest BCUT2D eigenvalue weighted by molar-refractivity contribution is -0.120. The first kappa shape index (κ1) is 22.0. The molecule has 6 atom stereocenters. The molecule has 2 N–H and O–H groups in total.